The van der Waals surface area contributed by atoms with E-state index < -0.39 is 0 Å². The van der Waals surface area contributed by atoms with Gasteiger partial charge in [0.15, 0.2) is 0 Å². The Morgan fingerprint density at radius 1 is 1.50 bits per heavy atom. The average molecular weight is 167 g/mol. The number of aromatic nitrogens is 2. The molecule has 0 aliphatic heterocycles. The van der Waals surface area contributed by atoms with E-state index in [1.54, 1.807) is 11.3 Å². The zero-order valence-electron chi connectivity index (χ0n) is 4.94. The van der Waals surface area contributed by atoms with Crippen LogP contribution in [-0.4, -0.2) is 9.59 Å². The van der Waals surface area contributed by atoms with Gasteiger partial charge in [-0.05, 0) is 23.0 Å². The molecule has 2 nitrogen and oxygen atoms in total. The highest BCUT2D eigenvalue weighted by Gasteiger charge is 1.99. The molecule has 49 valence electrons. The number of hydrogen-bond acceptors (Lipinski definition) is 4. The molecule has 0 amide bonds. The van der Waals surface area contributed by atoms with Crippen LogP contribution in [0.3, 0.4) is 0 Å². The van der Waals surface area contributed by atoms with Crippen LogP contribution in [-0.2, 0) is 0 Å². The van der Waals surface area contributed by atoms with Crippen LogP contribution in [0.4, 0.5) is 0 Å². The Morgan fingerprint density at radius 3 is 3.10 bits per heavy atom. The summed E-state index contributed by atoms with van der Waals surface area (Å²) in [6.07, 6.45) is 2.81. The van der Waals surface area contributed by atoms with Gasteiger partial charge in [-0.25, -0.2) is 0 Å². The second-order valence-corrected chi connectivity index (χ2v) is 3.39. The number of nitrogens with zero attached hydrogens (tertiary/aromatic N) is 2. The molecule has 10 heavy (non-hydrogen) atoms. The van der Waals surface area contributed by atoms with E-state index in [1.807, 2.05) is 17.5 Å². The maximum absolute atomic E-state index is 3.72. The average Bonchev–Trinajstić information content (AvgIpc) is 2.59. The summed E-state index contributed by atoms with van der Waals surface area (Å²) >= 11 is 3.05. The molecule has 0 aliphatic carbocycles. The summed E-state index contributed by atoms with van der Waals surface area (Å²) in [6.45, 7) is 0. The molecule has 0 aliphatic rings. The van der Waals surface area contributed by atoms with Crippen molar-refractivity contribution in [1.82, 2.24) is 9.59 Å². The molecule has 0 spiro atoms. The van der Waals surface area contributed by atoms with E-state index in [9.17, 15) is 0 Å². The first-order chi connectivity index (χ1) is 4.97. The quantitative estimate of drug-likeness (QED) is 0.649. The van der Waals surface area contributed by atoms with Crippen LogP contribution >= 0.6 is 22.9 Å². The van der Waals surface area contributed by atoms with E-state index in [2.05, 4.69) is 15.8 Å². The molecule has 2 aromatic rings. The van der Waals surface area contributed by atoms with Crippen molar-refractivity contribution >= 4 is 22.9 Å². The summed E-state index contributed by atoms with van der Waals surface area (Å²) < 4.78 is 3.72. The minimum absolute atomic E-state index is 1.02. The monoisotopic (exact) mass is 167 g/mol. The summed E-state index contributed by atoms with van der Waals surface area (Å²) in [5.41, 5.74) is 0. The van der Waals surface area contributed by atoms with Crippen LogP contribution in [0.25, 0.3) is 9.75 Å². The smallest absolute Gasteiger partial charge is 0.136 e. The molecule has 0 bridgehead atoms. The number of thiophene rings is 1. The van der Waals surface area contributed by atoms with Gasteiger partial charge in [0.1, 0.15) is 6.20 Å². The minimum atomic E-state index is 1.02. The Morgan fingerprint density at radius 2 is 2.50 bits per heavy atom. The van der Waals surface area contributed by atoms with Crippen molar-refractivity contribution in [3.63, 3.8) is 0 Å². The van der Waals surface area contributed by atoms with Gasteiger partial charge in [-0.2, -0.15) is 0 Å². The fraction of sp³-hybridized carbons (Fsp3) is 0. The molecule has 4 heteroatoms. The largest absolute Gasteiger partial charge is 0.143 e. The maximum atomic E-state index is 3.72. The SMILES string of the molecule is [c]1nnsc1-c1cccs1. The highest BCUT2D eigenvalue weighted by atomic mass is 32.1. The van der Waals surface area contributed by atoms with Crippen molar-refractivity contribution in [1.29, 1.82) is 0 Å². The molecule has 2 rings (SSSR count). The van der Waals surface area contributed by atoms with E-state index >= 15 is 0 Å². The molecule has 2 heterocycles. The van der Waals surface area contributed by atoms with Crippen LogP contribution in [0.15, 0.2) is 17.5 Å². The zero-order chi connectivity index (χ0) is 6.81. The van der Waals surface area contributed by atoms with Crippen LogP contribution in [0.2, 0.25) is 0 Å². The Hall–Kier alpha value is -0.740. The summed E-state index contributed by atoms with van der Waals surface area (Å²) in [5, 5.41) is 5.66. The lowest BCUT2D eigenvalue weighted by atomic mass is 10.4. The maximum Gasteiger partial charge on any atom is 0.136 e. The summed E-state index contributed by atoms with van der Waals surface area (Å²) in [4.78, 5) is 2.21. The van der Waals surface area contributed by atoms with Gasteiger partial charge in [0, 0.05) is 4.88 Å². The fourth-order valence-electron chi connectivity index (χ4n) is 0.655. The molecule has 0 saturated heterocycles. The highest BCUT2D eigenvalue weighted by molar-refractivity contribution is 7.18. The van der Waals surface area contributed by atoms with Gasteiger partial charge in [0.25, 0.3) is 0 Å². The Bertz CT molecular complexity index is 253. The molecule has 0 saturated carbocycles. The lowest BCUT2D eigenvalue weighted by Gasteiger charge is -1.80. The van der Waals surface area contributed by atoms with Gasteiger partial charge in [0.05, 0.1) is 4.88 Å². The molecule has 0 unspecified atom stereocenters. The standard InChI is InChI=1S/C6H3N2S2/c1-2-5(9-3-1)6-4-7-8-10-6/h1-3H. The second-order valence-electron chi connectivity index (χ2n) is 1.69. The van der Waals surface area contributed by atoms with Crippen molar-refractivity contribution in [3.05, 3.63) is 23.7 Å². The normalized spacial score (nSPS) is 10.0. The molecule has 0 aromatic carbocycles. The van der Waals surface area contributed by atoms with Crippen molar-refractivity contribution in [2.24, 2.45) is 0 Å². The topological polar surface area (TPSA) is 25.8 Å². The predicted molar refractivity (Wildman–Crippen MR) is 42.1 cm³/mol. The third-order valence-electron chi connectivity index (χ3n) is 1.07. The second kappa shape index (κ2) is 2.48. The van der Waals surface area contributed by atoms with Gasteiger partial charge >= 0.3 is 0 Å². The van der Waals surface area contributed by atoms with Crippen molar-refractivity contribution < 1.29 is 0 Å². The molecule has 1 radical (unpaired) electrons. The fourth-order valence-corrected chi connectivity index (χ4v) is 1.93. The molecular weight excluding hydrogens is 164 g/mol. The van der Waals surface area contributed by atoms with Gasteiger partial charge in [-0.1, -0.05) is 10.6 Å². The van der Waals surface area contributed by atoms with Crippen molar-refractivity contribution in [3.8, 4) is 9.75 Å². The first kappa shape index (κ1) is 6.00. The van der Waals surface area contributed by atoms with Crippen LogP contribution in [0.5, 0.6) is 0 Å². The van der Waals surface area contributed by atoms with E-state index in [0.29, 0.717) is 0 Å². The predicted octanol–water partition coefficient (Wildman–Crippen LogP) is 2.07. The molecule has 0 atom stereocenters. The van der Waals surface area contributed by atoms with Crippen LogP contribution < -0.4 is 0 Å². The first-order valence-corrected chi connectivity index (χ1v) is 4.36. The summed E-state index contributed by atoms with van der Waals surface area (Å²) in [7, 11) is 0. The van der Waals surface area contributed by atoms with E-state index in [1.165, 1.54) is 16.4 Å². The van der Waals surface area contributed by atoms with Gasteiger partial charge < -0.3 is 0 Å². The number of hydrogen-bond donors (Lipinski definition) is 0. The van der Waals surface area contributed by atoms with Gasteiger partial charge in [-0.15, -0.1) is 16.4 Å². The molecule has 0 fully saturated rings. The Labute approximate surface area is 66.3 Å². The first-order valence-electron chi connectivity index (χ1n) is 2.71. The van der Waals surface area contributed by atoms with Crippen LogP contribution in [0, 0.1) is 6.20 Å². The molecule has 0 N–H and O–H groups in total. The van der Waals surface area contributed by atoms with E-state index in [4.69, 9.17) is 0 Å². The van der Waals surface area contributed by atoms with Crippen LogP contribution in [0.1, 0.15) is 0 Å². The third-order valence-corrected chi connectivity index (χ3v) is 2.74. The Balaban J connectivity index is 2.48. The lowest BCUT2D eigenvalue weighted by molar-refractivity contribution is 1.15. The third kappa shape index (κ3) is 0.955. The van der Waals surface area contributed by atoms with Crippen molar-refractivity contribution in [2.45, 2.75) is 0 Å². The zero-order valence-corrected chi connectivity index (χ0v) is 6.58. The van der Waals surface area contributed by atoms with Gasteiger partial charge in [0.2, 0.25) is 0 Å². The van der Waals surface area contributed by atoms with Crippen molar-refractivity contribution in [2.75, 3.05) is 0 Å². The summed E-state index contributed by atoms with van der Waals surface area (Å²) in [6, 6.07) is 4.05. The van der Waals surface area contributed by atoms with E-state index in [-0.39, 0.29) is 0 Å². The van der Waals surface area contributed by atoms with Gasteiger partial charge in [-0.3, -0.25) is 0 Å². The lowest BCUT2D eigenvalue weighted by Crippen LogP contribution is -1.59. The highest BCUT2D eigenvalue weighted by Crippen LogP contribution is 2.25. The number of rotatable bonds is 1. The minimum Gasteiger partial charge on any atom is -0.143 e. The molecular formula is C6H3N2S2. The molecule has 2 aromatic heterocycles. The van der Waals surface area contributed by atoms with E-state index in [0.717, 1.165) is 4.88 Å². The Kier molecular flexibility index (Phi) is 1.49. The summed E-state index contributed by atoms with van der Waals surface area (Å²) in [5.74, 6) is 0.